The Kier molecular flexibility index (Phi) is 4.90. The molecule has 1 fully saturated rings. The van der Waals surface area contributed by atoms with Gasteiger partial charge in [-0.15, -0.1) is 0 Å². The Morgan fingerprint density at radius 3 is 2.77 bits per heavy atom. The molecule has 22 heavy (non-hydrogen) atoms. The molecule has 2 aromatic rings. The number of likely N-dealkylation sites (N-methyl/N-ethyl adjacent to an activating group) is 1. The minimum absolute atomic E-state index is 0.0156. The summed E-state index contributed by atoms with van der Waals surface area (Å²) < 4.78 is 0. The van der Waals surface area contributed by atoms with E-state index in [0.29, 0.717) is 0 Å². The Labute approximate surface area is 131 Å². The van der Waals surface area contributed by atoms with E-state index in [9.17, 15) is 4.79 Å². The van der Waals surface area contributed by atoms with E-state index >= 15 is 0 Å². The highest BCUT2D eigenvalue weighted by Gasteiger charge is 2.11. The molecule has 0 aliphatic carbocycles. The van der Waals surface area contributed by atoms with Crippen LogP contribution in [0.4, 0.5) is 0 Å². The molecule has 2 heterocycles. The number of pyridine rings is 1. The molecule has 0 bridgehead atoms. The molecule has 4 nitrogen and oxygen atoms in total. The number of hydrogen-bond acceptors (Lipinski definition) is 3. The Morgan fingerprint density at radius 2 is 1.95 bits per heavy atom. The summed E-state index contributed by atoms with van der Waals surface area (Å²) >= 11 is 0. The monoisotopic (exact) mass is 299 g/mol. The summed E-state index contributed by atoms with van der Waals surface area (Å²) in [5.41, 5.74) is 2.02. The fraction of sp³-hybridized carbons (Fsp3) is 0.500. The van der Waals surface area contributed by atoms with Crippen LogP contribution in [-0.2, 0) is 6.54 Å². The van der Waals surface area contributed by atoms with Gasteiger partial charge in [0, 0.05) is 36.6 Å². The van der Waals surface area contributed by atoms with Crippen LogP contribution in [0.25, 0.3) is 10.9 Å². The first kappa shape index (κ1) is 15.3. The Bertz CT molecular complexity index is 673. The molecular formula is C18H25N3O. The van der Waals surface area contributed by atoms with Crippen molar-refractivity contribution >= 4 is 10.9 Å². The van der Waals surface area contributed by atoms with E-state index in [4.69, 9.17) is 0 Å². The van der Waals surface area contributed by atoms with E-state index < -0.39 is 0 Å². The summed E-state index contributed by atoms with van der Waals surface area (Å²) in [6.45, 7) is 5.46. The molecule has 0 saturated carbocycles. The average Bonchev–Trinajstić information content (AvgIpc) is 2.54. The van der Waals surface area contributed by atoms with E-state index in [1.165, 1.54) is 32.4 Å². The van der Waals surface area contributed by atoms with E-state index in [1.54, 1.807) is 6.07 Å². The van der Waals surface area contributed by atoms with Crippen molar-refractivity contribution in [1.29, 1.82) is 0 Å². The van der Waals surface area contributed by atoms with Gasteiger partial charge in [0.05, 0.1) is 0 Å². The van der Waals surface area contributed by atoms with Crippen molar-refractivity contribution in [1.82, 2.24) is 14.8 Å². The lowest BCUT2D eigenvalue weighted by atomic mass is 10.1. The van der Waals surface area contributed by atoms with Gasteiger partial charge in [-0.2, -0.15) is 0 Å². The zero-order valence-corrected chi connectivity index (χ0v) is 13.3. The molecule has 0 atom stereocenters. The van der Waals surface area contributed by atoms with Crippen LogP contribution in [0.2, 0.25) is 0 Å². The molecule has 1 aliphatic heterocycles. The van der Waals surface area contributed by atoms with E-state index in [1.807, 2.05) is 18.2 Å². The normalized spacial score (nSPS) is 16.5. The number of nitrogens with zero attached hydrogens (tertiary/aromatic N) is 2. The summed E-state index contributed by atoms with van der Waals surface area (Å²) in [7, 11) is 2.14. The maximum absolute atomic E-state index is 11.8. The van der Waals surface area contributed by atoms with Gasteiger partial charge in [0.25, 0.3) is 0 Å². The van der Waals surface area contributed by atoms with E-state index in [2.05, 4.69) is 27.9 Å². The lowest BCUT2D eigenvalue weighted by molar-refractivity contribution is 0.194. The molecule has 1 aliphatic rings. The second kappa shape index (κ2) is 7.07. The Balaban J connectivity index is 1.65. The number of benzene rings is 1. The fourth-order valence-corrected chi connectivity index (χ4v) is 3.27. The quantitative estimate of drug-likeness (QED) is 0.922. The van der Waals surface area contributed by atoms with E-state index in [0.717, 1.165) is 36.1 Å². The number of piperidine rings is 1. The first-order chi connectivity index (χ1) is 10.7. The van der Waals surface area contributed by atoms with Crippen LogP contribution in [0.15, 0.2) is 35.1 Å². The van der Waals surface area contributed by atoms with Crippen LogP contribution >= 0.6 is 0 Å². The molecule has 118 valence electrons. The van der Waals surface area contributed by atoms with Gasteiger partial charge in [0.1, 0.15) is 0 Å². The van der Waals surface area contributed by atoms with Gasteiger partial charge in [-0.05, 0) is 44.6 Å². The van der Waals surface area contributed by atoms with Gasteiger partial charge >= 0.3 is 0 Å². The second-order valence-corrected chi connectivity index (χ2v) is 6.34. The highest BCUT2D eigenvalue weighted by molar-refractivity contribution is 5.81. The molecule has 1 aromatic carbocycles. The first-order valence-corrected chi connectivity index (χ1v) is 8.24. The number of likely N-dealkylation sites (tertiary alicyclic amines) is 1. The summed E-state index contributed by atoms with van der Waals surface area (Å²) in [5, 5.41) is 1.15. The van der Waals surface area contributed by atoms with Crippen molar-refractivity contribution < 1.29 is 0 Å². The zero-order valence-electron chi connectivity index (χ0n) is 13.3. The highest BCUT2D eigenvalue weighted by Crippen LogP contribution is 2.16. The van der Waals surface area contributed by atoms with Crippen LogP contribution in [0, 0.1) is 0 Å². The summed E-state index contributed by atoms with van der Waals surface area (Å²) in [4.78, 5) is 19.6. The predicted octanol–water partition coefficient (Wildman–Crippen LogP) is 2.45. The van der Waals surface area contributed by atoms with Crippen molar-refractivity contribution in [3.05, 3.63) is 46.2 Å². The van der Waals surface area contributed by atoms with Crippen LogP contribution in [0.5, 0.6) is 0 Å². The van der Waals surface area contributed by atoms with Crippen LogP contribution in [0.1, 0.15) is 24.8 Å². The van der Waals surface area contributed by atoms with Crippen molar-refractivity contribution in [3.8, 4) is 0 Å². The standard InChI is InChI=1S/C18H25N3O/c1-20(11-12-21-9-5-2-6-10-21)14-15-13-18(22)19-17-8-4-3-7-16(15)17/h3-4,7-8,13H,2,5-6,9-12,14H2,1H3,(H,19,22). The van der Waals surface area contributed by atoms with Crippen molar-refractivity contribution in [2.45, 2.75) is 25.8 Å². The number of para-hydroxylation sites is 1. The van der Waals surface area contributed by atoms with Gasteiger partial charge in [0.2, 0.25) is 5.56 Å². The highest BCUT2D eigenvalue weighted by atomic mass is 16.1. The first-order valence-electron chi connectivity index (χ1n) is 8.24. The van der Waals surface area contributed by atoms with Crippen molar-refractivity contribution in [2.75, 3.05) is 33.2 Å². The summed E-state index contributed by atoms with van der Waals surface area (Å²) in [6, 6.07) is 9.77. The van der Waals surface area contributed by atoms with Gasteiger partial charge in [-0.25, -0.2) is 0 Å². The summed E-state index contributed by atoms with van der Waals surface area (Å²) in [5.74, 6) is 0. The van der Waals surface area contributed by atoms with Crippen molar-refractivity contribution in [2.24, 2.45) is 0 Å². The van der Waals surface area contributed by atoms with Gasteiger partial charge < -0.3 is 14.8 Å². The van der Waals surface area contributed by atoms with Crippen LogP contribution < -0.4 is 5.56 Å². The average molecular weight is 299 g/mol. The Hall–Kier alpha value is -1.65. The zero-order chi connectivity index (χ0) is 15.4. The molecule has 0 unspecified atom stereocenters. The van der Waals surface area contributed by atoms with E-state index in [-0.39, 0.29) is 5.56 Å². The molecule has 1 saturated heterocycles. The summed E-state index contributed by atoms with van der Waals surface area (Å²) in [6.07, 6.45) is 4.05. The maximum atomic E-state index is 11.8. The lowest BCUT2D eigenvalue weighted by Crippen LogP contribution is -2.36. The Morgan fingerprint density at radius 1 is 1.18 bits per heavy atom. The van der Waals surface area contributed by atoms with Gasteiger partial charge in [0.15, 0.2) is 0 Å². The number of nitrogens with one attached hydrogen (secondary N) is 1. The fourth-order valence-electron chi connectivity index (χ4n) is 3.27. The second-order valence-electron chi connectivity index (χ2n) is 6.34. The SMILES string of the molecule is CN(CCN1CCCCC1)Cc1cc(=O)[nH]c2ccccc12. The van der Waals surface area contributed by atoms with Crippen LogP contribution in [-0.4, -0.2) is 48.0 Å². The molecule has 1 aromatic heterocycles. The van der Waals surface area contributed by atoms with Crippen molar-refractivity contribution in [3.63, 3.8) is 0 Å². The molecule has 0 amide bonds. The number of hydrogen-bond donors (Lipinski definition) is 1. The molecule has 0 spiro atoms. The molecule has 0 radical (unpaired) electrons. The van der Waals surface area contributed by atoms with Gasteiger partial charge in [-0.1, -0.05) is 24.6 Å². The third kappa shape index (κ3) is 3.76. The smallest absolute Gasteiger partial charge is 0.248 e. The maximum Gasteiger partial charge on any atom is 0.248 e. The third-order valence-electron chi connectivity index (χ3n) is 4.52. The number of aromatic nitrogens is 1. The number of fused-ring (bicyclic) bond motifs is 1. The lowest BCUT2D eigenvalue weighted by Gasteiger charge is -2.28. The number of H-pyrrole nitrogens is 1. The minimum Gasteiger partial charge on any atom is -0.322 e. The third-order valence-corrected chi connectivity index (χ3v) is 4.52. The molecule has 1 N–H and O–H groups in total. The molecular weight excluding hydrogens is 274 g/mol. The minimum atomic E-state index is -0.0156. The molecule has 4 heteroatoms. The predicted molar refractivity (Wildman–Crippen MR) is 91.2 cm³/mol. The van der Waals surface area contributed by atoms with Gasteiger partial charge in [-0.3, -0.25) is 4.79 Å². The topological polar surface area (TPSA) is 39.3 Å². The number of rotatable bonds is 5. The molecule has 3 rings (SSSR count). The number of aromatic amines is 1. The largest absolute Gasteiger partial charge is 0.322 e. The van der Waals surface area contributed by atoms with Crippen LogP contribution in [0.3, 0.4) is 0 Å².